The summed E-state index contributed by atoms with van der Waals surface area (Å²) < 4.78 is 4.80. The largest absolute Gasteiger partial charge is 0.463 e. The molecule has 86 valence electrons. The van der Waals surface area contributed by atoms with Gasteiger partial charge >= 0.3 is 5.97 Å². The predicted molar refractivity (Wildman–Crippen MR) is 58.1 cm³/mol. The van der Waals surface area contributed by atoms with Crippen LogP contribution in [0.5, 0.6) is 0 Å². The van der Waals surface area contributed by atoms with Crippen molar-refractivity contribution in [2.45, 2.75) is 38.5 Å². The molecule has 0 aliphatic heterocycles. The number of carbonyl (C=O) groups is 2. The minimum atomic E-state index is -0.372. The molecule has 0 aromatic heterocycles. The van der Waals surface area contributed by atoms with Crippen LogP contribution in [0.3, 0.4) is 0 Å². The Morgan fingerprint density at radius 1 is 1.13 bits per heavy atom. The van der Waals surface area contributed by atoms with Crippen LogP contribution in [0, 0.1) is 0 Å². The van der Waals surface area contributed by atoms with Crippen molar-refractivity contribution >= 4 is 11.9 Å². The summed E-state index contributed by atoms with van der Waals surface area (Å²) >= 11 is 0. The molecule has 0 rings (SSSR count). The number of carbonyl (C=O) groups excluding carboxylic acids is 2. The molecule has 2 N–H and O–H groups in total. The van der Waals surface area contributed by atoms with E-state index in [1.54, 1.807) is 0 Å². The molecule has 0 unspecified atom stereocenters. The van der Waals surface area contributed by atoms with Crippen molar-refractivity contribution in [1.29, 1.82) is 0 Å². The second-order valence-electron chi connectivity index (χ2n) is 3.36. The zero-order chi connectivity index (χ0) is 11.5. The Morgan fingerprint density at radius 2 is 1.73 bits per heavy atom. The molecule has 4 nitrogen and oxygen atoms in total. The number of primary amides is 1. The van der Waals surface area contributed by atoms with Gasteiger partial charge in [-0.15, -0.1) is 0 Å². The Hall–Kier alpha value is -1.32. The van der Waals surface area contributed by atoms with E-state index < -0.39 is 0 Å². The van der Waals surface area contributed by atoms with Gasteiger partial charge in [0.05, 0.1) is 6.61 Å². The van der Waals surface area contributed by atoms with Gasteiger partial charge in [-0.3, -0.25) is 4.79 Å². The monoisotopic (exact) mass is 213 g/mol. The molecule has 0 aliphatic carbocycles. The number of hydrogen-bond donors (Lipinski definition) is 1. The van der Waals surface area contributed by atoms with E-state index in [1.165, 1.54) is 0 Å². The summed E-state index contributed by atoms with van der Waals surface area (Å²) in [6, 6.07) is 0. The Labute approximate surface area is 90.5 Å². The maximum absolute atomic E-state index is 10.6. The fraction of sp³-hybridized carbons (Fsp3) is 0.636. The van der Waals surface area contributed by atoms with Crippen LogP contribution < -0.4 is 5.73 Å². The van der Waals surface area contributed by atoms with E-state index in [1.807, 2.05) is 0 Å². The molecule has 15 heavy (non-hydrogen) atoms. The smallest absolute Gasteiger partial charge is 0.330 e. The molecule has 0 aromatic carbocycles. The standard InChI is InChI=1S/C11H19NO3/c1-2-11(14)15-9-7-5-3-4-6-8-10(12)13/h2H,1,3-9H2,(H2,12,13). The van der Waals surface area contributed by atoms with Gasteiger partial charge < -0.3 is 10.5 Å². The molecule has 0 saturated heterocycles. The first kappa shape index (κ1) is 13.7. The molecule has 0 fully saturated rings. The lowest BCUT2D eigenvalue weighted by molar-refractivity contribution is -0.137. The molecule has 0 aliphatic rings. The van der Waals surface area contributed by atoms with E-state index in [4.69, 9.17) is 10.5 Å². The van der Waals surface area contributed by atoms with Crippen LogP contribution in [-0.4, -0.2) is 18.5 Å². The van der Waals surface area contributed by atoms with Gasteiger partial charge in [-0.1, -0.05) is 25.8 Å². The van der Waals surface area contributed by atoms with Gasteiger partial charge in [0, 0.05) is 12.5 Å². The van der Waals surface area contributed by atoms with Crippen molar-refractivity contribution in [3.8, 4) is 0 Å². The average molecular weight is 213 g/mol. The molecule has 0 heterocycles. The quantitative estimate of drug-likeness (QED) is 0.359. The third-order valence-corrected chi connectivity index (χ3v) is 1.98. The van der Waals surface area contributed by atoms with Crippen molar-refractivity contribution in [1.82, 2.24) is 0 Å². The van der Waals surface area contributed by atoms with Crippen LogP contribution in [0.4, 0.5) is 0 Å². The van der Waals surface area contributed by atoms with E-state index in [0.29, 0.717) is 13.0 Å². The summed E-state index contributed by atoms with van der Waals surface area (Å²) in [7, 11) is 0. The lowest BCUT2D eigenvalue weighted by Crippen LogP contribution is -2.09. The fourth-order valence-electron chi connectivity index (χ4n) is 1.16. The van der Waals surface area contributed by atoms with E-state index in [0.717, 1.165) is 38.2 Å². The first-order chi connectivity index (χ1) is 7.16. The Morgan fingerprint density at radius 3 is 2.33 bits per heavy atom. The Bertz CT molecular complexity index is 214. The van der Waals surface area contributed by atoms with Gasteiger partial charge in [0.25, 0.3) is 0 Å². The third kappa shape index (κ3) is 10.6. The van der Waals surface area contributed by atoms with Crippen LogP contribution in [0.25, 0.3) is 0 Å². The molecule has 0 radical (unpaired) electrons. The number of hydrogen-bond acceptors (Lipinski definition) is 3. The van der Waals surface area contributed by atoms with Gasteiger partial charge in [-0.25, -0.2) is 4.79 Å². The number of amides is 1. The number of unbranched alkanes of at least 4 members (excludes halogenated alkanes) is 4. The number of esters is 1. The summed E-state index contributed by atoms with van der Waals surface area (Å²) in [5, 5.41) is 0. The third-order valence-electron chi connectivity index (χ3n) is 1.98. The lowest BCUT2D eigenvalue weighted by Gasteiger charge is -2.01. The molecular weight excluding hydrogens is 194 g/mol. The highest BCUT2D eigenvalue weighted by atomic mass is 16.5. The summed E-state index contributed by atoms with van der Waals surface area (Å²) in [5.41, 5.74) is 5.00. The van der Waals surface area contributed by atoms with E-state index in [9.17, 15) is 9.59 Å². The maximum atomic E-state index is 10.6. The zero-order valence-corrected chi connectivity index (χ0v) is 9.04. The zero-order valence-electron chi connectivity index (χ0n) is 9.04. The molecule has 0 spiro atoms. The predicted octanol–water partition coefficient (Wildman–Crippen LogP) is 1.54. The lowest BCUT2D eigenvalue weighted by atomic mass is 10.1. The van der Waals surface area contributed by atoms with Gasteiger partial charge in [0.1, 0.15) is 0 Å². The van der Waals surface area contributed by atoms with Crippen LogP contribution in [0.2, 0.25) is 0 Å². The second-order valence-corrected chi connectivity index (χ2v) is 3.36. The van der Waals surface area contributed by atoms with E-state index in [-0.39, 0.29) is 11.9 Å². The van der Waals surface area contributed by atoms with Crippen LogP contribution in [-0.2, 0) is 14.3 Å². The molecule has 4 heteroatoms. The summed E-state index contributed by atoms with van der Waals surface area (Å²) in [4.78, 5) is 21.0. The fourth-order valence-corrected chi connectivity index (χ4v) is 1.16. The maximum Gasteiger partial charge on any atom is 0.330 e. The first-order valence-corrected chi connectivity index (χ1v) is 5.24. The summed E-state index contributed by atoms with van der Waals surface area (Å²) in [6.45, 7) is 3.74. The first-order valence-electron chi connectivity index (χ1n) is 5.24. The Kier molecular flexibility index (Phi) is 8.43. The highest BCUT2D eigenvalue weighted by molar-refractivity contribution is 5.81. The average Bonchev–Trinajstić information content (AvgIpc) is 2.21. The van der Waals surface area contributed by atoms with Crippen LogP contribution in [0.1, 0.15) is 38.5 Å². The summed E-state index contributed by atoms with van der Waals surface area (Å²) in [5.74, 6) is -0.612. The van der Waals surface area contributed by atoms with Gasteiger partial charge in [-0.2, -0.15) is 0 Å². The van der Waals surface area contributed by atoms with E-state index in [2.05, 4.69) is 6.58 Å². The second kappa shape index (κ2) is 9.24. The minimum absolute atomic E-state index is 0.241. The minimum Gasteiger partial charge on any atom is -0.463 e. The highest BCUT2D eigenvalue weighted by Gasteiger charge is 1.96. The van der Waals surface area contributed by atoms with E-state index >= 15 is 0 Å². The Balaban J connectivity index is 3.08. The number of rotatable bonds is 9. The van der Waals surface area contributed by atoms with Crippen LogP contribution >= 0.6 is 0 Å². The van der Waals surface area contributed by atoms with Gasteiger partial charge in [0.15, 0.2) is 0 Å². The molecule has 0 saturated carbocycles. The molecule has 0 atom stereocenters. The van der Waals surface area contributed by atoms with Crippen molar-refractivity contribution in [3.05, 3.63) is 12.7 Å². The number of nitrogens with two attached hydrogens (primary N) is 1. The van der Waals surface area contributed by atoms with Crippen molar-refractivity contribution in [2.24, 2.45) is 5.73 Å². The van der Waals surface area contributed by atoms with Gasteiger partial charge in [-0.05, 0) is 12.8 Å². The molecule has 0 aromatic rings. The van der Waals surface area contributed by atoms with Crippen LogP contribution in [0.15, 0.2) is 12.7 Å². The molecule has 1 amide bonds. The van der Waals surface area contributed by atoms with Crippen molar-refractivity contribution in [3.63, 3.8) is 0 Å². The van der Waals surface area contributed by atoms with Crippen molar-refractivity contribution < 1.29 is 14.3 Å². The summed E-state index contributed by atoms with van der Waals surface area (Å²) in [6.07, 6.45) is 6.37. The highest BCUT2D eigenvalue weighted by Crippen LogP contribution is 2.05. The van der Waals surface area contributed by atoms with Gasteiger partial charge in [0.2, 0.25) is 5.91 Å². The van der Waals surface area contributed by atoms with Crippen molar-refractivity contribution in [2.75, 3.05) is 6.61 Å². The number of ether oxygens (including phenoxy) is 1. The SMILES string of the molecule is C=CC(=O)OCCCCCCCC(N)=O. The normalized spacial score (nSPS) is 9.60. The topological polar surface area (TPSA) is 69.4 Å². The molecule has 0 bridgehead atoms. The molecular formula is C11H19NO3.